The molecule has 138 valence electrons. The van der Waals surface area contributed by atoms with E-state index in [9.17, 15) is 10.1 Å². The van der Waals surface area contributed by atoms with E-state index in [0.717, 1.165) is 36.3 Å². The molecule has 1 aliphatic heterocycles. The zero-order valence-corrected chi connectivity index (χ0v) is 16.1. The van der Waals surface area contributed by atoms with Crippen LogP contribution in [0.1, 0.15) is 42.0 Å². The smallest absolute Gasteiger partial charge is 0.267 e. The third-order valence-corrected chi connectivity index (χ3v) is 5.00. The highest BCUT2D eigenvalue weighted by Gasteiger charge is 2.18. The van der Waals surface area contributed by atoms with E-state index in [1.165, 1.54) is 11.1 Å². The second kappa shape index (κ2) is 8.09. The Morgan fingerprint density at radius 2 is 1.93 bits per heavy atom. The van der Waals surface area contributed by atoms with Crippen LogP contribution in [-0.4, -0.2) is 17.4 Å². The summed E-state index contributed by atoms with van der Waals surface area (Å²) in [6.45, 7) is 7.68. The van der Waals surface area contributed by atoms with Gasteiger partial charge in [-0.1, -0.05) is 56.3 Å². The molecule has 2 aromatic rings. The minimum atomic E-state index is -0.354. The van der Waals surface area contributed by atoms with Crippen molar-refractivity contribution in [1.29, 1.82) is 5.26 Å². The molecule has 0 bridgehead atoms. The number of aryl methyl sites for hydroxylation is 1. The van der Waals surface area contributed by atoms with E-state index in [1.807, 2.05) is 42.2 Å². The van der Waals surface area contributed by atoms with Crippen LogP contribution in [-0.2, 0) is 17.8 Å². The molecule has 3 rings (SSSR count). The number of carbonyl (C=O) groups excluding carboxylic acids is 1. The number of fused-ring (bicyclic) bond motifs is 1. The van der Waals surface area contributed by atoms with Crippen LogP contribution in [0.25, 0.3) is 0 Å². The van der Waals surface area contributed by atoms with Gasteiger partial charge in [-0.3, -0.25) is 4.79 Å². The lowest BCUT2D eigenvalue weighted by Gasteiger charge is -2.27. The summed E-state index contributed by atoms with van der Waals surface area (Å²) in [6.07, 6.45) is 2.61. The summed E-state index contributed by atoms with van der Waals surface area (Å²) in [4.78, 5) is 14.8. The molecular formula is C23H25N3O. The second-order valence-corrected chi connectivity index (χ2v) is 7.29. The van der Waals surface area contributed by atoms with Gasteiger partial charge in [-0.15, -0.1) is 0 Å². The second-order valence-electron chi connectivity index (χ2n) is 7.29. The van der Waals surface area contributed by atoms with Crippen molar-refractivity contribution in [2.45, 2.75) is 39.7 Å². The van der Waals surface area contributed by atoms with E-state index in [1.54, 1.807) is 6.20 Å². The molecule has 1 N–H and O–H groups in total. The molecule has 0 unspecified atom stereocenters. The Morgan fingerprint density at radius 3 is 2.63 bits per heavy atom. The van der Waals surface area contributed by atoms with Gasteiger partial charge in [0, 0.05) is 25.0 Å². The molecule has 0 saturated heterocycles. The maximum atomic E-state index is 12.8. The Kier molecular flexibility index (Phi) is 5.61. The number of carbonyl (C=O) groups is 1. The summed E-state index contributed by atoms with van der Waals surface area (Å²) in [5.41, 5.74) is 5.60. The van der Waals surface area contributed by atoms with Crippen molar-refractivity contribution in [3.8, 4) is 6.07 Å². The van der Waals surface area contributed by atoms with Crippen LogP contribution < -0.4 is 5.32 Å². The summed E-state index contributed by atoms with van der Waals surface area (Å²) in [6, 6.07) is 16.4. The van der Waals surface area contributed by atoms with Crippen LogP contribution in [0.3, 0.4) is 0 Å². The topological polar surface area (TPSA) is 56.1 Å². The van der Waals surface area contributed by atoms with Gasteiger partial charge in [0.1, 0.15) is 11.6 Å². The summed E-state index contributed by atoms with van der Waals surface area (Å²) >= 11 is 0. The lowest BCUT2D eigenvalue weighted by molar-refractivity contribution is -0.112. The Bertz CT molecular complexity index is 921. The highest BCUT2D eigenvalue weighted by molar-refractivity contribution is 6.07. The highest BCUT2D eigenvalue weighted by Crippen LogP contribution is 2.28. The standard InChI is InChI=1S/C23H25N3O/c1-16(2)21-10-6-7-17(3)22(21)25-23(27)20(13-24)15-26-12-11-18-8-4-5-9-19(18)14-26/h4-10,15-16H,11-12,14H2,1-3H3,(H,25,27)/b20-15-. The third-order valence-electron chi connectivity index (χ3n) is 5.00. The average Bonchev–Trinajstić information content (AvgIpc) is 2.67. The summed E-state index contributed by atoms with van der Waals surface area (Å²) < 4.78 is 0. The zero-order valence-electron chi connectivity index (χ0n) is 16.1. The summed E-state index contributed by atoms with van der Waals surface area (Å²) in [7, 11) is 0. The van der Waals surface area contributed by atoms with E-state index in [2.05, 4.69) is 37.4 Å². The SMILES string of the molecule is Cc1cccc(C(C)C)c1NC(=O)/C(C#N)=C\N1CCc2ccccc2C1. The summed E-state index contributed by atoms with van der Waals surface area (Å²) in [5.74, 6) is -0.0686. The molecule has 27 heavy (non-hydrogen) atoms. The van der Waals surface area contributed by atoms with Gasteiger partial charge in [-0.05, 0) is 41.5 Å². The first-order valence-corrected chi connectivity index (χ1v) is 9.33. The van der Waals surface area contributed by atoms with Crippen molar-refractivity contribution < 1.29 is 4.79 Å². The quantitative estimate of drug-likeness (QED) is 0.645. The maximum Gasteiger partial charge on any atom is 0.267 e. The van der Waals surface area contributed by atoms with Crippen LogP contribution in [0.15, 0.2) is 54.2 Å². The van der Waals surface area contributed by atoms with Crippen molar-refractivity contribution in [3.63, 3.8) is 0 Å². The predicted octanol–water partition coefficient (Wildman–Crippen LogP) is 4.52. The molecule has 0 fully saturated rings. The number of benzene rings is 2. The monoisotopic (exact) mass is 359 g/mol. The van der Waals surface area contributed by atoms with Gasteiger partial charge in [-0.2, -0.15) is 5.26 Å². The molecule has 0 aliphatic carbocycles. The Hall–Kier alpha value is -3.06. The molecular weight excluding hydrogens is 334 g/mol. The first-order chi connectivity index (χ1) is 13.0. The van der Waals surface area contributed by atoms with Crippen LogP contribution >= 0.6 is 0 Å². The zero-order chi connectivity index (χ0) is 19.4. The van der Waals surface area contributed by atoms with Gasteiger partial charge in [0.05, 0.1) is 0 Å². The van der Waals surface area contributed by atoms with Crippen LogP contribution in [0.5, 0.6) is 0 Å². The third kappa shape index (κ3) is 4.20. The van der Waals surface area contributed by atoms with Gasteiger partial charge in [-0.25, -0.2) is 0 Å². The molecule has 4 nitrogen and oxygen atoms in total. The number of nitrogens with zero attached hydrogens (tertiary/aromatic N) is 2. The van der Waals surface area contributed by atoms with E-state index >= 15 is 0 Å². The number of rotatable bonds is 4. The van der Waals surface area contributed by atoms with Crippen LogP contribution in [0, 0.1) is 18.3 Å². The Morgan fingerprint density at radius 1 is 1.19 bits per heavy atom. The van der Waals surface area contributed by atoms with Crippen molar-refractivity contribution in [1.82, 2.24) is 4.90 Å². The molecule has 1 aliphatic rings. The molecule has 0 aromatic heterocycles. The van der Waals surface area contributed by atoms with Gasteiger partial charge >= 0.3 is 0 Å². The van der Waals surface area contributed by atoms with Crippen LogP contribution in [0.2, 0.25) is 0 Å². The number of hydrogen-bond acceptors (Lipinski definition) is 3. The molecule has 2 aromatic carbocycles. The minimum Gasteiger partial charge on any atom is -0.371 e. The molecule has 0 saturated carbocycles. The number of hydrogen-bond donors (Lipinski definition) is 1. The fourth-order valence-electron chi connectivity index (χ4n) is 3.47. The Balaban J connectivity index is 1.80. The molecule has 1 heterocycles. The molecule has 4 heteroatoms. The van der Waals surface area contributed by atoms with Gasteiger partial charge in [0.2, 0.25) is 0 Å². The van der Waals surface area contributed by atoms with E-state index in [4.69, 9.17) is 0 Å². The van der Waals surface area contributed by atoms with Crippen molar-refractivity contribution in [2.75, 3.05) is 11.9 Å². The lowest BCUT2D eigenvalue weighted by Crippen LogP contribution is -2.27. The first-order valence-electron chi connectivity index (χ1n) is 9.33. The highest BCUT2D eigenvalue weighted by atomic mass is 16.1. The van der Waals surface area contributed by atoms with Crippen molar-refractivity contribution in [3.05, 3.63) is 76.5 Å². The fourth-order valence-corrected chi connectivity index (χ4v) is 3.47. The number of para-hydroxylation sites is 1. The molecule has 0 spiro atoms. The first kappa shape index (κ1) is 18.7. The average molecular weight is 359 g/mol. The number of anilines is 1. The van der Waals surface area contributed by atoms with E-state index in [0.29, 0.717) is 0 Å². The maximum absolute atomic E-state index is 12.8. The predicted molar refractivity (Wildman–Crippen MR) is 108 cm³/mol. The summed E-state index contributed by atoms with van der Waals surface area (Å²) in [5, 5.41) is 12.5. The van der Waals surface area contributed by atoms with Crippen LogP contribution in [0.4, 0.5) is 5.69 Å². The van der Waals surface area contributed by atoms with E-state index in [-0.39, 0.29) is 17.4 Å². The number of nitriles is 1. The molecule has 0 atom stereocenters. The largest absolute Gasteiger partial charge is 0.371 e. The van der Waals surface area contributed by atoms with Crippen molar-refractivity contribution >= 4 is 11.6 Å². The molecule has 0 radical (unpaired) electrons. The lowest BCUT2D eigenvalue weighted by atomic mass is 9.98. The van der Waals surface area contributed by atoms with Crippen molar-refractivity contribution in [2.24, 2.45) is 0 Å². The number of nitrogens with one attached hydrogen (secondary N) is 1. The normalized spacial score (nSPS) is 13.9. The Labute approximate surface area is 161 Å². The molecule has 1 amide bonds. The van der Waals surface area contributed by atoms with Gasteiger partial charge in [0.15, 0.2) is 0 Å². The fraction of sp³-hybridized carbons (Fsp3) is 0.304. The number of amides is 1. The van der Waals surface area contributed by atoms with Gasteiger partial charge < -0.3 is 10.2 Å². The van der Waals surface area contributed by atoms with Gasteiger partial charge in [0.25, 0.3) is 5.91 Å². The van der Waals surface area contributed by atoms with E-state index < -0.39 is 0 Å². The minimum absolute atomic E-state index is 0.132.